The highest BCUT2D eigenvalue weighted by Gasteiger charge is 2.19. The first-order valence-corrected chi connectivity index (χ1v) is 34.1. The molecule has 0 aliphatic heterocycles. The van der Waals surface area contributed by atoms with E-state index in [1.54, 1.807) is 0 Å². The van der Waals surface area contributed by atoms with Gasteiger partial charge in [-0.3, -0.25) is 0 Å². The molecule has 0 fully saturated rings. The van der Waals surface area contributed by atoms with Gasteiger partial charge in [0.2, 0.25) is 0 Å². The molecule has 3 N–H and O–H groups in total. The Kier molecular flexibility index (Phi) is 27.7. The van der Waals surface area contributed by atoms with Gasteiger partial charge in [-0.1, -0.05) is 216 Å². The number of hydrogen-bond acceptors (Lipinski definition) is 9. The van der Waals surface area contributed by atoms with Crippen molar-refractivity contribution in [3.05, 3.63) is 179 Å². The third-order valence-electron chi connectivity index (χ3n) is 16.5. The first-order valence-electron chi connectivity index (χ1n) is 34.1. The molecule has 0 aliphatic carbocycles. The van der Waals surface area contributed by atoms with E-state index < -0.39 is 0 Å². The van der Waals surface area contributed by atoms with Gasteiger partial charge in [-0.25, -0.2) is 15.0 Å². The SMILES string of the molecule is CCCCCCCCOc1cc2c#cc3cc(C(C)(C)C)cc(c#cc4cc(OCCCCCCCC)cc(c#cc5cc(C(C)(C)C)cc(c#cc6cc(OCCCCCCCC)cc(c#cc7cc(C(C)(C)C)cc(c#cc(c1)n2)c7CO)n6)c5CO)n4)c3CO. The second-order valence-electron chi connectivity index (χ2n) is 27.4. The van der Waals surface area contributed by atoms with Crippen LogP contribution in [0.4, 0.5) is 0 Å². The van der Waals surface area contributed by atoms with Gasteiger partial charge < -0.3 is 29.5 Å². The Hall–Kier alpha value is -8.25. The molecular formula is C84H99N3O6. The molecule has 0 spiro atoms. The van der Waals surface area contributed by atoms with Crippen molar-refractivity contribution in [3.8, 4) is 17.2 Å². The number of rotatable bonds is 27. The highest BCUT2D eigenvalue weighted by molar-refractivity contribution is 5.78. The Labute approximate surface area is 557 Å². The molecule has 0 saturated heterocycles. The van der Waals surface area contributed by atoms with Crippen LogP contribution >= 0.6 is 0 Å². The zero-order valence-electron chi connectivity index (χ0n) is 57.8. The Morgan fingerprint density at radius 2 is 0.473 bits per heavy atom. The second-order valence-corrected chi connectivity index (χ2v) is 27.4. The van der Waals surface area contributed by atoms with E-state index >= 15 is 0 Å². The summed E-state index contributed by atoms with van der Waals surface area (Å²) in [6.07, 6.45) is 20.2. The molecule has 7 rings (SSSR count). The van der Waals surface area contributed by atoms with Crippen LogP contribution in [0.5, 0.6) is 17.2 Å². The Morgan fingerprint density at radius 3 is 0.656 bits per heavy atom. The van der Waals surface area contributed by atoms with Gasteiger partial charge in [0.05, 0.1) is 39.6 Å². The summed E-state index contributed by atoms with van der Waals surface area (Å²) in [5, 5.41) is 37.4. The van der Waals surface area contributed by atoms with Crippen LogP contribution in [0.25, 0.3) is 65.4 Å². The first-order chi connectivity index (χ1) is 44.7. The monoisotopic (exact) mass is 1250 g/mol. The molecule has 9 heteroatoms. The maximum absolute atomic E-state index is 11.2. The van der Waals surface area contributed by atoms with Crippen LogP contribution in [0.2, 0.25) is 0 Å². The molecule has 4 heterocycles. The van der Waals surface area contributed by atoms with Gasteiger partial charge in [-0.15, -0.1) is 0 Å². The minimum absolute atomic E-state index is 0.312. The zero-order valence-corrected chi connectivity index (χ0v) is 57.8. The predicted octanol–water partition coefficient (Wildman–Crippen LogP) is 20.0. The van der Waals surface area contributed by atoms with E-state index in [1.807, 2.05) is 72.8 Å². The average molecular weight is 1250 g/mol. The minimum Gasteiger partial charge on any atom is -0.493 e. The first kappa shape index (κ1) is 72.2. The molecular weight excluding hydrogens is 1150 g/mol. The summed E-state index contributed by atoms with van der Waals surface area (Å²) in [5.74, 6) is 1.78. The summed E-state index contributed by atoms with van der Waals surface area (Å²) in [6.45, 7) is 26.5. The fourth-order valence-electron chi connectivity index (χ4n) is 10.7. The minimum atomic E-state index is -0.326. The number of hydrogen-bond donors (Lipinski definition) is 3. The fraction of sp³-hybridized carbons (Fsp3) is 0.464. The molecule has 3 aromatic carbocycles. The van der Waals surface area contributed by atoms with Crippen LogP contribution in [0.15, 0.2) is 72.8 Å². The van der Waals surface area contributed by atoms with Gasteiger partial charge in [0.1, 0.15) is 50.3 Å². The molecule has 93 heavy (non-hydrogen) atoms. The van der Waals surface area contributed by atoms with Crippen molar-refractivity contribution in [2.45, 2.75) is 235 Å². The van der Waals surface area contributed by atoms with E-state index in [1.165, 1.54) is 57.8 Å². The molecule has 4 aromatic heterocycles. The molecule has 12 bridgehead atoms. The van der Waals surface area contributed by atoms with E-state index in [0.717, 1.165) is 74.5 Å². The molecule has 0 aliphatic rings. The Balaban J connectivity index is 1.58. The number of ether oxygens (including phenoxy) is 3. The van der Waals surface area contributed by atoms with E-state index in [0.29, 0.717) is 119 Å². The predicted molar refractivity (Wildman–Crippen MR) is 381 cm³/mol. The lowest BCUT2D eigenvalue weighted by Gasteiger charge is -2.19. The third kappa shape index (κ3) is 22.8. The number of nitrogens with zero attached hydrogens (tertiary/aromatic N) is 3. The Morgan fingerprint density at radius 1 is 0.280 bits per heavy atom. The number of unbranched alkanes of at least 4 members (excludes halogenated alkanes) is 15. The van der Waals surface area contributed by atoms with Crippen molar-refractivity contribution in [2.75, 3.05) is 19.8 Å². The van der Waals surface area contributed by atoms with Gasteiger partial charge >= 0.3 is 0 Å². The number of aromatic nitrogens is 3. The van der Waals surface area contributed by atoms with Crippen LogP contribution in [0, 0.1) is 72.8 Å². The number of aliphatic hydroxyl groups is 3. The molecule has 9 nitrogen and oxygen atoms in total. The van der Waals surface area contributed by atoms with E-state index in [2.05, 4.69) is 156 Å². The number of aliphatic hydroxyl groups excluding tert-OH is 3. The number of benzene rings is 3. The van der Waals surface area contributed by atoms with E-state index in [4.69, 9.17) is 29.2 Å². The quantitative estimate of drug-likeness (QED) is 0.0431. The standard InChI is InChI=1S/C84H99N3O6/c1-13-16-19-22-25-28-43-91-76-52-70-37-31-61-46-67(82(4,5)6)48-63(79(61)58-88)33-39-72-54-77(92-44-29-26-23-20-17-14-2)56-74(86-72)41-35-65-50-69(84(10,11)12)51-66(81(65)60-90)36-42-75-57-78(93-45-30-27-24-21-18-15-3)55-73(87-75)40-34-64-49-68(83(7,8)9)47-62(80(64)59-89)32-38-71(53-76)85-70/h46-57,88-90H,13-30,43-45,58-60H2,1-12H3. The van der Waals surface area contributed by atoms with Crippen molar-refractivity contribution >= 4 is 65.4 Å². The molecule has 7 aromatic rings. The average Bonchev–Trinajstić information content (AvgIpc) is 0.829. The summed E-state index contributed by atoms with van der Waals surface area (Å²) in [7, 11) is 0. The lowest BCUT2D eigenvalue weighted by molar-refractivity contribution is 0.284. The van der Waals surface area contributed by atoms with E-state index in [9.17, 15) is 15.3 Å². The lowest BCUT2D eigenvalue weighted by atomic mass is 9.85. The van der Waals surface area contributed by atoms with Gasteiger partial charge in [-0.05, 0) is 125 Å². The van der Waals surface area contributed by atoms with Crippen LogP contribution in [-0.4, -0.2) is 50.1 Å². The van der Waals surface area contributed by atoms with Crippen LogP contribution in [-0.2, 0) is 36.1 Å². The summed E-state index contributed by atoms with van der Waals surface area (Å²) < 4.78 is 19.4. The summed E-state index contributed by atoms with van der Waals surface area (Å²) in [5.41, 5.74) is 6.33. The maximum Gasteiger partial charge on any atom is 0.124 e. The lowest BCUT2D eigenvalue weighted by Crippen LogP contribution is -2.11. The fourth-order valence-corrected chi connectivity index (χ4v) is 10.7. The smallest absolute Gasteiger partial charge is 0.124 e. The topological polar surface area (TPSA) is 127 Å². The van der Waals surface area contributed by atoms with Crippen molar-refractivity contribution in [1.29, 1.82) is 0 Å². The molecule has 0 atom stereocenters. The van der Waals surface area contributed by atoms with Crippen molar-refractivity contribution in [3.63, 3.8) is 0 Å². The highest BCUT2D eigenvalue weighted by atomic mass is 16.5. The maximum atomic E-state index is 11.2. The van der Waals surface area contributed by atoms with Crippen LogP contribution in [0.1, 0.15) is 232 Å². The summed E-state index contributed by atoms with van der Waals surface area (Å²) >= 11 is 0. The second kappa shape index (κ2) is 35.7. The summed E-state index contributed by atoms with van der Waals surface area (Å²) in [6, 6.07) is 63.7. The van der Waals surface area contributed by atoms with E-state index in [-0.39, 0.29) is 36.1 Å². The normalized spacial score (nSPS) is 11.3. The number of fused-ring (bicyclic) bond motifs is 12. The molecule has 486 valence electrons. The van der Waals surface area contributed by atoms with Crippen molar-refractivity contribution < 1.29 is 29.5 Å². The third-order valence-corrected chi connectivity index (χ3v) is 16.5. The van der Waals surface area contributed by atoms with Crippen LogP contribution < -0.4 is 14.2 Å². The summed E-state index contributed by atoms with van der Waals surface area (Å²) in [4.78, 5) is 15.0. The Bertz CT molecular complexity index is 3320. The van der Waals surface area contributed by atoms with Gasteiger partial charge in [0.25, 0.3) is 0 Å². The van der Waals surface area contributed by atoms with Gasteiger partial charge in [0, 0.05) is 85.4 Å². The van der Waals surface area contributed by atoms with Crippen molar-refractivity contribution in [2.24, 2.45) is 0 Å². The van der Waals surface area contributed by atoms with Gasteiger partial charge in [-0.2, -0.15) is 0 Å². The van der Waals surface area contributed by atoms with Crippen molar-refractivity contribution in [1.82, 2.24) is 15.0 Å². The molecule has 0 radical (unpaired) electrons. The van der Waals surface area contributed by atoms with Gasteiger partial charge in [0.15, 0.2) is 0 Å². The van der Waals surface area contributed by atoms with Crippen LogP contribution in [0.3, 0.4) is 0 Å². The highest BCUT2D eigenvalue weighted by Crippen LogP contribution is 2.31. The zero-order chi connectivity index (χ0) is 66.8. The largest absolute Gasteiger partial charge is 0.493 e. The molecule has 0 amide bonds. The molecule has 0 unspecified atom stereocenters. The number of pyridine rings is 3. The molecule has 0 saturated carbocycles.